The van der Waals surface area contributed by atoms with Gasteiger partial charge in [0, 0.05) is 19.6 Å². The molecule has 0 aliphatic carbocycles. The van der Waals surface area contributed by atoms with Crippen molar-refractivity contribution in [2.24, 2.45) is 5.41 Å². The van der Waals surface area contributed by atoms with Gasteiger partial charge in [0.1, 0.15) is 0 Å². The molecule has 0 radical (unpaired) electrons. The summed E-state index contributed by atoms with van der Waals surface area (Å²) in [5, 5.41) is 5.01. The Labute approximate surface area is 85.6 Å². The van der Waals surface area contributed by atoms with Crippen molar-refractivity contribution in [3.63, 3.8) is 0 Å². The molecular weight excluding hydrogens is 180 g/mol. The largest absolute Gasteiger partial charge is 0.367 e. The summed E-state index contributed by atoms with van der Waals surface area (Å²) in [4.78, 5) is 16.9. The maximum atomic E-state index is 11.6. The lowest BCUT2D eigenvalue weighted by molar-refractivity contribution is -0.212. The monoisotopic (exact) mass is 200 g/mol. The van der Waals surface area contributed by atoms with Crippen molar-refractivity contribution in [2.75, 3.05) is 19.6 Å². The summed E-state index contributed by atoms with van der Waals surface area (Å²) in [6.45, 7) is 10.1. The van der Waals surface area contributed by atoms with Gasteiger partial charge in [-0.3, -0.25) is 0 Å². The molecule has 1 rings (SSSR count). The predicted octanol–water partition coefficient (Wildman–Crippen LogP) is 0.784. The number of hydrogen-bond acceptors (Lipinski definition) is 4. The van der Waals surface area contributed by atoms with E-state index >= 15 is 0 Å². The number of hydrogen-bond donors (Lipinski definition) is 1. The Morgan fingerprint density at radius 3 is 2.64 bits per heavy atom. The topological polar surface area (TPSA) is 41.6 Å². The van der Waals surface area contributed by atoms with Gasteiger partial charge in [-0.15, -0.1) is 5.06 Å². The molecule has 4 heteroatoms. The molecule has 0 amide bonds. The summed E-state index contributed by atoms with van der Waals surface area (Å²) in [6.07, 6.45) is 0. The highest BCUT2D eigenvalue weighted by Crippen LogP contribution is 2.17. The summed E-state index contributed by atoms with van der Waals surface area (Å²) in [7, 11) is 0. The summed E-state index contributed by atoms with van der Waals surface area (Å²) in [5.74, 6) is -0.161. The average Bonchev–Trinajstić information content (AvgIpc) is 2.07. The second-order valence-electron chi connectivity index (χ2n) is 4.82. The zero-order chi connectivity index (χ0) is 10.8. The Kier molecular flexibility index (Phi) is 3.50. The van der Waals surface area contributed by atoms with E-state index in [0.29, 0.717) is 0 Å². The van der Waals surface area contributed by atoms with Gasteiger partial charge in [0.2, 0.25) is 0 Å². The van der Waals surface area contributed by atoms with Gasteiger partial charge >= 0.3 is 5.97 Å². The van der Waals surface area contributed by atoms with Gasteiger partial charge in [-0.1, -0.05) is 0 Å². The first kappa shape index (κ1) is 11.5. The molecular formula is C10H20N2O2. The van der Waals surface area contributed by atoms with Gasteiger partial charge in [0.15, 0.2) is 0 Å². The van der Waals surface area contributed by atoms with E-state index in [4.69, 9.17) is 4.84 Å². The molecule has 1 aliphatic heterocycles. The lowest BCUT2D eigenvalue weighted by Crippen LogP contribution is -2.51. The summed E-state index contributed by atoms with van der Waals surface area (Å²) in [6, 6.07) is 0.259. The van der Waals surface area contributed by atoms with E-state index < -0.39 is 5.41 Å². The Morgan fingerprint density at radius 1 is 1.50 bits per heavy atom. The number of carbonyl (C=O) groups is 1. The van der Waals surface area contributed by atoms with Crippen molar-refractivity contribution in [3.8, 4) is 0 Å². The van der Waals surface area contributed by atoms with E-state index in [-0.39, 0.29) is 12.0 Å². The molecule has 1 aliphatic rings. The average molecular weight is 200 g/mol. The highest BCUT2D eigenvalue weighted by atomic mass is 16.7. The Morgan fingerprint density at radius 2 is 2.14 bits per heavy atom. The van der Waals surface area contributed by atoms with Crippen LogP contribution in [0.2, 0.25) is 0 Å². The van der Waals surface area contributed by atoms with Gasteiger partial charge in [-0.2, -0.15) is 0 Å². The van der Waals surface area contributed by atoms with Gasteiger partial charge in [-0.25, -0.2) is 4.79 Å². The van der Waals surface area contributed by atoms with Crippen molar-refractivity contribution < 1.29 is 9.63 Å². The van der Waals surface area contributed by atoms with Gasteiger partial charge < -0.3 is 10.2 Å². The van der Waals surface area contributed by atoms with Gasteiger partial charge in [-0.05, 0) is 27.7 Å². The second-order valence-corrected chi connectivity index (χ2v) is 4.82. The smallest absolute Gasteiger partial charge is 0.330 e. The van der Waals surface area contributed by atoms with Crippen LogP contribution in [0.3, 0.4) is 0 Å². The van der Waals surface area contributed by atoms with Crippen molar-refractivity contribution in [1.82, 2.24) is 10.4 Å². The minimum absolute atomic E-state index is 0.161. The lowest BCUT2D eigenvalue weighted by Gasteiger charge is -2.33. The van der Waals surface area contributed by atoms with E-state index in [1.54, 1.807) is 5.06 Å². The number of nitrogens with one attached hydrogen (secondary N) is 1. The molecule has 0 aromatic heterocycles. The molecule has 82 valence electrons. The molecule has 0 aromatic rings. The summed E-state index contributed by atoms with van der Waals surface area (Å²) < 4.78 is 0. The third-order valence-corrected chi connectivity index (χ3v) is 2.25. The Balaban J connectivity index is 2.46. The summed E-state index contributed by atoms with van der Waals surface area (Å²) in [5.41, 5.74) is -0.426. The van der Waals surface area contributed by atoms with Crippen LogP contribution in [0.5, 0.6) is 0 Å². The first-order chi connectivity index (χ1) is 6.41. The highest BCUT2D eigenvalue weighted by molar-refractivity contribution is 5.75. The quantitative estimate of drug-likeness (QED) is 0.679. The van der Waals surface area contributed by atoms with E-state index in [2.05, 4.69) is 5.32 Å². The first-order valence-corrected chi connectivity index (χ1v) is 5.11. The number of hydroxylamine groups is 2. The molecule has 1 saturated heterocycles. The van der Waals surface area contributed by atoms with Crippen LogP contribution in [-0.4, -0.2) is 36.7 Å². The maximum absolute atomic E-state index is 11.6. The fourth-order valence-corrected chi connectivity index (χ4v) is 1.20. The van der Waals surface area contributed by atoms with Gasteiger partial charge in [0.05, 0.1) is 11.5 Å². The van der Waals surface area contributed by atoms with Crippen LogP contribution in [0.15, 0.2) is 0 Å². The first-order valence-electron chi connectivity index (χ1n) is 5.11. The Bertz CT molecular complexity index is 211. The van der Waals surface area contributed by atoms with Crippen molar-refractivity contribution in [1.29, 1.82) is 0 Å². The van der Waals surface area contributed by atoms with E-state index in [9.17, 15) is 4.79 Å². The molecule has 1 unspecified atom stereocenters. The lowest BCUT2D eigenvalue weighted by atomic mass is 9.98. The minimum Gasteiger partial charge on any atom is -0.367 e. The van der Waals surface area contributed by atoms with Crippen LogP contribution in [0.4, 0.5) is 0 Å². The molecule has 1 fully saturated rings. The molecule has 0 aromatic carbocycles. The van der Waals surface area contributed by atoms with Crippen molar-refractivity contribution in [2.45, 2.75) is 33.7 Å². The standard InChI is InChI=1S/C10H20N2O2/c1-8-7-11-5-6-12(8)14-9(13)10(2,3)4/h8,11H,5-7H2,1-4H3. The highest BCUT2D eigenvalue weighted by Gasteiger charge is 2.28. The molecule has 1 atom stereocenters. The SMILES string of the molecule is CC1CNCCN1OC(=O)C(C)(C)C. The van der Waals surface area contributed by atoms with Crippen LogP contribution in [0.1, 0.15) is 27.7 Å². The zero-order valence-electron chi connectivity index (χ0n) is 9.46. The molecule has 1 heterocycles. The molecule has 4 nitrogen and oxygen atoms in total. The molecule has 14 heavy (non-hydrogen) atoms. The molecule has 0 saturated carbocycles. The van der Waals surface area contributed by atoms with E-state index in [1.165, 1.54) is 0 Å². The number of nitrogens with zero attached hydrogens (tertiary/aromatic N) is 1. The number of carbonyl (C=O) groups excluding carboxylic acids is 1. The van der Waals surface area contributed by atoms with Crippen LogP contribution in [0, 0.1) is 5.41 Å². The van der Waals surface area contributed by atoms with Crippen LogP contribution >= 0.6 is 0 Å². The van der Waals surface area contributed by atoms with E-state index in [1.807, 2.05) is 27.7 Å². The van der Waals surface area contributed by atoms with E-state index in [0.717, 1.165) is 19.6 Å². The third kappa shape index (κ3) is 2.96. The van der Waals surface area contributed by atoms with Crippen LogP contribution in [-0.2, 0) is 9.63 Å². The maximum Gasteiger partial charge on any atom is 0.330 e. The fraction of sp³-hybridized carbons (Fsp3) is 0.900. The molecule has 0 bridgehead atoms. The fourth-order valence-electron chi connectivity index (χ4n) is 1.20. The molecule has 0 spiro atoms. The normalized spacial score (nSPS) is 24.7. The van der Waals surface area contributed by atoms with Crippen LogP contribution in [0.25, 0.3) is 0 Å². The number of piperazine rings is 1. The van der Waals surface area contributed by atoms with Crippen molar-refractivity contribution in [3.05, 3.63) is 0 Å². The zero-order valence-corrected chi connectivity index (χ0v) is 9.46. The predicted molar refractivity (Wildman–Crippen MR) is 54.6 cm³/mol. The molecule has 1 N–H and O–H groups in total. The third-order valence-electron chi connectivity index (χ3n) is 2.25. The van der Waals surface area contributed by atoms with Gasteiger partial charge in [0.25, 0.3) is 0 Å². The minimum atomic E-state index is -0.426. The number of rotatable bonds is 1. The Hall–Kier alpha value is -0.610. The van der Waals surface area contributed by atoms with Crippen LogP contribution < -0.4 is 5.32 Å². The van der Waals surface area contributed by atoms with Crippen molar-refractivity contribution >= 4 is 5.97 Å². The summed E-state index contributed by atoms with van der Waals surface area (Å²) >= 11 is 0. The second kappa shape index (κ2) is 4.28.